The van der Waals surface area contributed by atoms with Crippen LogP contribution in [0.5, 0.6) is 5.75 Å². The highest BCUT2D eigenvalue weighted by Gasteiger charge is 1.98. The van der Waals surface area contributed by atoms with Gasteiger partial charge in [-0.1, -0.05) is 30.4 Å². The molecule has 104 valence electrons. The van der Waals surface area contributed by atoms with Gasteiger partial charge in [-0.3, -0.25) is 0 Å². The second-order valence-corrected chi connectivity index (χ2v) is 4.51. The Kier molecular flexibility index (Phi) is 4.93. The van der Waals surface area contributed by atoms with Gasteiger partial charge in [0.1, 0.15) is 5.75 Å². The van der Waals surface area contributed by atoms with Crippen molar-refractivity contribution in [3.05, 3.63) is 64.7 Å². The lowest BCUT2D eigenvalue weighted by Gasteiger charge is -2.04. The highest BCUT2D eigenvalue weighted by molar-refractivity contribution is 5.70. The predicted octanol–water partition coefficient (Wildman–Crippen LogP) is 2.85. The molecular weight excluding hydrogens is 252 g/mol. The third kappa shape index (κ3) is 3.70. The lowest BCUT2D eigenvalue weighted by atomic mass is 10.0. The van der Waals surface area contributed by atoms with Crippen LogP contribution in [0.25, 0.3) is 12.2 Å². The van der Waals surface area contributed by atoms with Gasteiger partial charge in [-0.25, -0.2) is 0 Å². The number of hydrogen-bond acceptors (Lipinski definition) is 3. The summed E-state index contributed by atoms with van der Waals surface area (Å²) in [7, 11) is 1.64. The normalized spacial score (nSPS) is 10.9. The smallest absolute Gasteiger partial charge is 0.118 e. The van der Waals surface area contributed by atoms with Gasteiger partial charge in [0, 0.05) is 0 Å². The summed E-state index contributed by atoms with van der Waals surface area (Å²) in [6, 6.07) is 13.4. The topological polar surface area (TPSA) is 49.7 Å². The molecule has 0 fully saturated rings. The van der Waals surface area contributed by atoms with Crippen molar-refractivity contribution in [2.24, 2.45) is 0 Å². The Morgan fingerprint density at radius 3 is 1.90 bits per heavy atom. The van der Waals surface area contributed by atoms with Gasteiger partial charge in [0.25, 0.3) is 0 Å². The first-order valence-corrected chi connectivity index (χ1v) is 6.42. The summed E-state index contributed by atoms with van der Waals surface area (Å²) in [4.78, 5) is 0. The lowest BCUT2D eigenvalue weighted by Crippen LogP contribution is -1.90. The molecule has 3 heteroatoms. The van der Waals surface area contributed by atoms with Crippen LogP contribution in [-0.2, 0) is 13.2 Å². The Bertz CT molecular complexity index is 563. The van der Waals surface area contributed by atoms with Gasteiger partial charge in [0.05, 0.1) is 20.3 Å². The average molecular weight is 270 g/mol. The fourth-order valence-electron chi connectivity index (χ4n) is 1.98. The van der Waals surface area contributed by atoms with E-state index in [2.05, 4.69) is 0 Å². The van der Waals surface area contributed by atoms with Crippen LogP contribution in [0.15, 0.2) is 42.5 Å². The van der Waals surface area contributed by atoms with E-state index in [4.69, 9.17) is 4.74 Å². The molecule has 0 saturated carbocycles. The van der Waals surface area contributed by atoms with Crippen LogP contribution in [0.3, 0.4) is 0 Å². The van der Waals surface area contributed by atoms with Crippen molar-refractivity contribution in [2.45, 2.75) is 13.2 Å². The van der Waals surface area contributed by atoms with Crippen molar-refractivity contribution in [3.63, 3.8) is 0 Å². The van der Waals surface area contributed by atoms with E-state index in [9.17, 15) is 10.2 Å². The Morgan fingerprint density at radius 1 is 0.850 bits per heavy atom. The van der Waals surface area contributed by atoms with Gasteiger partial charge < -0.3 is 14.9 Å². The largest absolute Gasteiger partial charge is 0.497 e. The molecule has 0 bridgehead atoms. The molecule has 0 aliphatic carbocycles. The van der Waals surface area contributed by atoms with Crippen LogP contribution in [0.2, 0.25) is 0 Å². The van der Waals surface area contributed by atoms with Gasteiger partial charge >= 0.3 is 0 Å². The van der Waals surface area contributed by atoms with E-state index in [1.54, 1.807) is 13.2 Å². The summed E-state index contributed by atoms with van der Waals surface area (Å²) >= 11 is 0. The zero-order valence-corrected chi connectivity index (χ0v) is 11.4. The third-order valence-corrected chi connectivity index (χ3v) is 3.02. The standard InChI is InChI=1S/C17H18O3/c1-20-17-6-4-13(5-7-17)2-3-14-8-15(11-18)10-16(9-14)12-19/h2-10,18-19H,11-12H2,1H3/b3-2+. The SMILES string of the molecule is COc1ccc(/C=C/c2cc(CO)cc(CO)c2)cc1. The first-order valence-electron chi connectivity index (χ1n) is 6.42. The molecule has 0 saturated heterocycles. The molecule has 20 heavy (non-hydrogen) atoms. The molecule has 0 heterocycles. The monoisotopic (exact) mass is 270 g/mol. The minimum absolute atomic E-state index is 0.0305. The van der Waals surface area contributed by atoms with Gasteiger partial charge in [-0.05, 0) is 46.5 Å². The fraction of sp³-hybridized carbons (Fsp3) is 0.176. The van der Waals surface area contributed by atoms with Crippen molar-refractivity contribution in [2.75, 3.05) is 7.11 Å². The van der Waals surface area contributed by atoms with Crippen molar-refractivity contribution in [1.82, 2.24) is 0 Å². The highest BCUT2D eigenvalue weighted by atomic mass is 16.5. The van der Waals surface area contributed by atoms with E-state index in [1.165, 1.54) is 0 Å². The molecule has 2 aromatic rings. The molecule has 0 aliphatic rings. The Morgan fingerprint density at radius 2 is 1.40 bits per heavy atom. The molecule has 0 aliphatic heterocycles. The summed E-state index contributed by atoms with van der Waals surface area (Å²) in [6.07, 6.45) is 3.94. The molecule has 2 N–H and O–H groups in total. The van der Waals surface area contributed by atoms with Crippen molar-refractivity contribution in [3.8, 4) is 5.75 Å². The zero-order valence-electron chi connectivity index (χ0n) is 11.4. The van der Waals surface area contributed by atoms with Crippen molar-refractivity contribution >= 4 is 12.2 Å². The van der Waals surface area contributed by atoms with Gasteiger partial charge in [0.15, 0.2) is 0 Å². The number of hydrogen-bond donors (Lipinski definition) is 2. The zero-order chi connectivity index (χ0) is 14.4. The van der Waals surface area contributed by atoms with Crippen LogP contribution in [0.1, 0.15) is 22.3 Å². The van der Waals surface area contributed by atoms with Crippen molar-refractivity contribution in [1.29, 1.82) is 0 Å². The Hall–Kier alpha value is -2.10. The molecule has 0 unspecified atom stereocenters. The Labute approximate surface area is 118 Å². The highest BCUT2D eigenvalue weighted by Crippen LogP contribution is 2.16. The number of rotatable bonds is 5. The number of aliphatic hydroxyl groups excluding tert-OH is 2. The molecule has 0 atom stereocenters. The van der Waals surface area contributed by atoms with E-state index in [1.807, 2.05) is 48.6 Å². The second kappa shape index (κ2) is 6.89. The first kappa shape index (κ1) is 14.3. The van der Waals surface area contributed by atoms with E-state index in [-0.39, 0.29) is 13.2 Å². The average Bonchev–Trinajstić information content (AvgIpc) is 2.53. The van der Waals surface area contributed by atoms with E-state index >= 15 is 0 Å². The van der Waals surface area contributed by atoms with Crippen LogP contribution >= 0.6 is 0 Å². The minimum Gasteiger partial charge on any atom is -0.497 e. The number of benzene rings is 2. The van der Waals surface area contributed by atoms with Crippen LogP contribution < -0.4 is 4.74 Å². The van der Waals surface area contributed by atoms with Gasteiger partial charge in [-0.2, -0.15) is 0 Å². The first-order chi connectivity index (χ1) is 9.75. The quantitative estimate of drug-likeness (QED) is 0.821. The minimum atomic E-state index is -0.0305. The maximum atomic E-state index is 9.21. The molecule has 0 radical (unpaired) electrons. The number of aliphatic hydroxyl groups is 2. The summed E-state index contributed by atoms with van der Waals surface area (Å²) in [5.41, 5.74) is 3.61. The lowest BCUT2D eigenvalue weighted by molar-refractivity contribution is 0.275. The van der Waals surface area contributed by atoms with Gasteiger partial charge in [-0.15, -0.1) is 0 Å². The van der Waals surface area contributed by atoms with E-state index < -0.39 is 0 Å². The summed E-state index contributed by atoms with van der Waals surface area (Å²) in [6.45, 7) is -0.0611. The maximum absolute atomic E-state index is 9.21. The molecule has 2 rings (SSSR count). The number of methoxy groups -OCH3 is 1. The van der Waals surface area contributed by atoms with Crippen molar-refractivity contribution < 1.29 is 14.9 Å². The molecule has 0 aromatic heterocycles. The third-order valence-electron chi connectivity index (χ3n) is 3.02. The molecular formula is C17H18O3. The van der Waals surface area contributed by atoms with Crippen LogP contribution in [0.4, 0.5) is 0 Å². The summed E-state index contributed by atoms with van der Waals surface area (Å²) in [5, 5.41) is 18.4. The van der Waals surface area contributed by atoms with Gasteiger partial charge in [0.2, 0.25) is 0 Å². The van der Waals surface area contributed by atoms with E-state index in [0.29, 0.717) is 0 Å². The molecule has 0 amide bonds. The fourth-order valence-corrected chi connectivity index (χ4v) is 1.98. The van der Waals surface area contributed by atoms with Crippen LogP contribution in [-0.4, -0.2) is 17.3 Å². The molecule has 3 nitrogen and oxygen atoms in total. The maximum Gasteiger partial charge on any atom is 0.118 e. The summed E-state index contributed by atoms with van der Waals surface area (Å²) < 4.78 is 5.11. The predicted molar refractivity (Wildman–Crippen MR) is 80.2 cm³/mol. The Balaban J connectivity index is 2.21. The molecule has 2 aromatic carbocycles. The van der Waals surface area contributed by atoms with Crippen LogP contribution in [0, 0.1) is 0 Å². The van der Waals surface area contributed by atoms with E-state index in [0.717, 1.165) is 28.0 Å². The number of ether oxygens (including phenoxy) is 1. The molecule has 0 spiro atoms. The summed E-state index contributed by atoms with van der Waals surface area (Å²) in [5.74, 6) is 0.826. The second-order valence-electron chi connectivity index (χ2n) is 4.51.